The number of carbonyl (C=O) groups is 2. The molecule has 128 valence electrons. The molecule has 0 aliphatic rings. The summed E-state index contributed by atoms with van der Waals surface area (Å²) in [6.45, 7) is 4.77. The zero-order valence-corrected chi connectivity index (χ0v) is 15.0. The quantitative estimate of drug-likeness (QED) is 0.838. The first-order chi connectivity index (χ1) is 11.5. The molecule has 24 heavy (non-hydrogen) atoms. The van der Waals surface area contributed by atoms with Crippen molar-refractivity contribution < 1.29 is 14.3 Å². The van der Waals surface area contributed by atoms with E-state index in [1.807, 2.05) is 44.2 Å². The van der Waals surface area contributed by atoms with Crippen LogP contribution >= 0.6 is 11.3 Å². The van der Waals surface area contributed by atoms with Gasteiger partial charge in [0.1, 0.15) is 12.4 Å². The van der Waals surface area contributed by atoms with E-state index in [1.165, 1.54) is 11.3 Å². The predicted octanol–water partition coefficient (Wildman–Crippen LogP) is 2.63. The summed E-state index contributed by atoms with van der Waals surface area (Å²) in [6.07, 6.45) is 0. The number of para-hydroxylation sites is 1. The first-order valence-electron chi connectivity index (χ1n) is 7.74. The molecule has 2 rings (SSSR count). The van der Waals surface area contributed by atoms with E-state index in [-0.39, 0.29) is 18.4 Å². The number of likely N-dealkylation sites (N-methyl/N-ethyl adjacent to an activating group) is 1. The van der Waals surface area contributed by atoms with Crippen molar-refractivity contribution in [3.8, 4) is 5.75 Å². The van der Waals surface area contributed by atoms with Crippen LogP contribution in [0.5, 0.6) is 5.75 Å². The molecule has 0 spiro atoms. The number of amides is 2. The Morgan fingerprint density at radius 3 is 2.58 bits per heavy atom. The smallest absolute Gasteiger partial charge is 0.261 e. The highest BCUT2D eigenvalue weighted by molar-refractivity contribution is 7.13. The fourth-order valence-electron chi connectivity index (χ4n) is 2.07. The van der Waals surface area contributed by atoms with E-state index in [9.17, 15) is 9.59 Å². The highest BCUT2D eigenvalue weighted by atomic mass is 32.1. The predicted molar refractivity (Wildman–Crippen MR) is 95.7 cm³/mol. The van der Waals surface area contributed by atoms with Crippen molar-refractivity contribution in [3.63, 3.8) is 0 Å². The lowest BCUT2D eigenvalue weighted by Crippen LogP contribution is -2.39. The normalized spacial score (nSPS) is 10.3. The minimum atomic E-state index is -0.217. The van der Waals surface area contributed by atoms with Crippen molar-refractivity contribution in [1.82, 2.24) is 10.2 Å². The second-order valence-corrected chi connectivity index (χ2v) is 6.81. The largest absolute Gasteiger partial charge is 0.491 e. The molecule has 1 aromatic carbocycles. The molecule has 2 aromatic rings. The van der Waals surface area contributed by atoms with Gasteiger partial charge in [-0.15, -0.1) is 11.3 Å². The minimum Gasteiger partial charge on any atom is -0.491 e. The Bertz CT molecular complexity index is 712. The van der Waals surface area contributed by atoms with Crippen molar-refractivity contribution in [2.75, 3.05) is 26.7 Å². The average molecular weight is 346 g/mol. The first kappa shape index (κ1) is 18.0. The Kier molecular flexibility index (Phi) is 6.37. The molecule has 2 amide bonds. The van der Waals surface area contributed by atoms with Crippen molar-refractivity contribution in [2.45, 2.75) is 13.8 Å². The molecule has 0 unspecified atom stereocenters. The van der Waals surface area contributed by atoms with Crippen LogP contribution in [0.25, 0.3) is 0 Å². The number of aryl methyl sites for hydroxylation is 2. The van der Waals surface area contributed by atoms with Crippen LogP contribution in [-0.2, 0) is 4.79 Å². The van der Waals surface area contributed by atoms with Gasteiger partial charge in [0.2, 0.25) is 5.91 Å². The van der Waals surface area contributed by atoms with Gasteiger partial charge in [0, 0.05) is 11.9 Å². The van der Waals surface area contributed by atoms with Crippen LogP contribution < -0.4 is 10.1 Å². The SMILES string of the molecule is Cc1ccc(C(=O)NCC(=O)N(C)CCOc2ccccc2C)s1. The zero-order chi connectivity index (χ0) is 17.5. The zero-order valence-electron chi connectivity index (χ0n) is 14.2. The van der Waals surface area contributed by atoms with Crippen LogP contribution in [-0.4, -0.2) is 43.5 Å². The summed E-state index contributed by atoms with van der Waals surface area (Å²) >= 11 is 1.41. The number of hydrogen-bond donors (Lipinski definition) is 1. The summed E-state index contributed by atoms with van der Waals surface area (Å²) in [4.78, 5) is 27.2. The number of nitrogens with zero attached hydrogens (tertiary/aromatic N) is 1. The molecule has 0 atom stereocenters. The molecule has 0 aliphatic heterocycles. The summed E-state index contributed by atoms with van der Waals surface area (Å²) in [5.41, 5.74) is 1.06. The maximum absolute atomic E-state index is 12.1. The average Bonchev–Trinajstić information content (AvgIpc) is 3.00. The molecule has 6 heteroatoms. The van der Waals surface area contributed by atoms with E-state index in [4.69, 9.17) is 4.74 Å². The lowest BCUT2D eigenvalue weighted by molar-refractivity contribution is -0.129. The topological polar surface area (TPSA) is 58.6 Å². The van der Waals surface area contributed by atoms with Gasteiger partial charge in [-0.25, -0.2) is 0 Å². The van der Waals surface area contributed by atoms with Crippen LogP contribution in [0.2, 0.25) is 0 Å². The van der Waals surface area contributed by atoms with Crippen molar-refractivity contribution in [1.29, 1.82) is 0 Å². The van der Waals surface area contributed by atoms with Gasteiger partial charge in [-0.2, -0.15) is 0 Å². The first-order valence-corrected chi connectivity index (χ1v) is 8.56. The molecule has 1 N–H and O–H groups in total. The summed E-state index contributed by atoms with van der Waals surface area (Å²) < 4.78 is 5.68. The van der Waals surface area contributed by atoms with Gasteiger partial charge in [0.05, 0.1) is 18.0 Å². The number of rotatable bonds is 7. The number of hydrogen-bond acceptors (Lipinski definition) is 4. The lowest BCUT2D eigenvalue weighted by Gasteiger charge is -2.18. The molecular formula is C18H22N2O3S. The Hall–Kier alpha value is -2.34. The van der Waals surface area contributed by atoms with Crippen LogP contribution in [0.3, 0.4) is 0 Å². The van der Waals surface area contributed by atoms with Gasteiger partial charge < -0.3 is 15.0 Å². The van der Waals surface area contributed by atoms with E-state index >= 15 is 0 Å². The molecule has 0 saturated carbocycles. The van der Waals surface area contributed by atoms with Gasteiger partial charge >= 0.3 is 0 Å². The Morgan fingerprint density at radius 1 is 1.17 bits per heavy atom. The van der Waals surface area contributed by atoms with Crippen molar-refractivity contribution in [2.24, 2.45) is 0 Å². The van der Waals surface area contributed by atoms with E-state index in [1.54, 1.807) is 18.0 Å². The molecule has 0 saturated heterocycles. The minimum absolute atomic E-state index is 0.0172. The van der Waals surface area contributed by atoms with Crippen molar-refractivity contribution >= 4 is 23.2 Å². The van der Waals surface area contributed by atoms with Crippen LogP contribution in [0.15, 0.2) is 36.4 Å². The lowest BCUT2D eigenvalue weighted by atomic mass is 10.2. The Labute approximate surface area is 146 Å². The molecule has 5 nitrogen and oxygen atoms in total. The molecule has 0 fully saturated rings. The summed E-state index contributed by atoms with van der Waals surface area (Å²) in [6, 6.07) is 11.4. The number of benzene rings is 1. The molecule has 0 radical (unpaired) electrons. The van der Waals surface area contributed by atoms with Gasteiger partial charge in [0.15, 0.2) is 0 Å². The number of thiophene rings is 1. The molecule has 0 aliphatic carbocycles. The van der Waals surface area contributed by atoms with E-state index in [2.05, 4.69) is 5.32 Å². The van der Waals surface area contributed by atoms with E-state index < -0.39 is 0 Å². The Morgan fingerprint density at radius 2 is 1.92 bits per heavy atom. The number of carbonyl (C=O) groups excluding carboxylic acids is 2. The van der Waals surface area contributed by atoms with E-state index in [0.717, 1.165) is 16.2 Å². The maximum Gasteiger partial charge on any atom is 0.261 e. The second kappa shape index (κ2) is 8.49. The molecule has 1 aromatic heterocycles. The number of ether oxygens (including phenoxy) is 1. The monoisotopic (exact) mass is 346 g/mol. The third-order valence-electron chi connectivity index (χ3n) is 3.57. The van der Waals surface area contributed by atoms with Crippen LogP contribution in [0, 0.1) is 13.8 Å². The van der Waals surface area contributed by atoms with E-state index in [0.29, 0.717) is 18.0 Å². The second-order valence-electron chi connectivity index (χ2n) is 5.52. The number of nitrogens with one attached hydrogen (secondary N) is 1. The maximum atomic E-state index is 12.1. The molecular weight excluding hydrogens is 324 g/mol. The highest BCUT2D eigenvalue weighted by Crippen LogP contribution is 2.16. The highest BCUT2D eigenvalue weighted by Gasteiger charge is 2.13. The van der Waals surface area contributed by atoms with Crippen LogP contribution in [0.1, 0.15) is 20.1 Å². The summed E-state index contributed by atoms with van der Waals surface area (Å²) in [5, 5.41) is 2.65. The third-order valence-corrected chi connectivity index (χ3v) is 4.57. The molecule has 0 bridgehead atoms. The van der Waals surface area contributed by atoms with Gasteiger partial charge in [-0.1, -0.05) is 18.2 Å². The fourth-order valence-corrected chi connectivity index (χ4v) is 2.85. The van der Waals surface area contributed by atoms with Crippen molar-refractivity contribution in [3.05, 3.63) is 51.7 Å². The molecule has 1 heterocycles. The summed E-state index contributed by atoms with van der Waals surface area (Å²) in [5.74, 6) is 0.454. The van der Waals surface area contributed by atoms with Gasteiger partial charge in [0.25, 0.3) is 5.91 Å². The fraction of sp³-hybridized carbons (Fsp3) is 0.333. The van der Waals surface area contributed by atoms with Gasteiger partial charge in [-0.05, 0) is 37.6 Å². The standard InChI is InChI=1S/C18H22N2O3S/c1-13-6-4-5-7-15(13)23-11-10-20(3)17(21)12-19-18(22)16-9-8-14(2)24-16/h4-9H,10-12H2,1-3H3,(H,19,22). The summed E-state index contributed by atoms with van der Waals surface area (Å²) in [7, 11) is 1.70. The van der Waals surface area contributed by atoms with Crippen LogP contribution in [0.4, 0.5) is 0 Å². The van der Waals surface area contributed by atoms with Gasteiger partial charge in [-0.3, -0.25) is 9.59 Å². The third kappa shape index (κ3) is 5.09. The Balaban J connectivity index is 1.72.